The Balaban J connectivity index is 2.06. The number of piperidine rings is 1. The number of rotatable bonds is 2. The van der Waals surface area contributed by atoms with Crippen molar-refractivity contribution < 1.29 is 5.11 Å². The summed E-state index contributed by atoms with van der Waals surface area (Å²) in [6, 6.07) is 7.64. The highest BCUT2D eigenvalue weighted by Crippen LogP contribution is 2.27. The minimum atomic E-state index is -0.224. The standard InChI is InChI=1S/C14H19N3O/c1-10(18)11-4-6-17(7-5-11)13-3-2-12(9-15)14(16)8-13/h2-3,8,10-11,18H,4-7,16H2,1H3. The van der Waals surface area contributed by atoms with Gasteiger partial charge in [0.25, 0.3) is 0 Å². The van der Waals surface area contributed by atoms with E-state index in [9.17, 15) is 5.11 Å². The van der Waals surface area contributed by atoms with E-state index < -0.39 is 0 Å². The summed E-state index contributed by atoms with van der Waals surface area (Å²) in [6.45, 7) is 3.72. The van der Waals surface area contributed by atoms with E-state index >= 15 is 0 Å². The summed E-state index contributed by atoms with van der Waals surface area (Å²) < 4.78 is 0. The maximum atomic E-state index is 9.57. The molecule has 0 aromatic heterocycles. The average Bonchev–Trinajstić information content (AvgIpc) is 2.38. The molecule has 0 radical (unpaired) electrons. The third-order valence-electron chi connectivity index (χ3n) is 3.74. The molecule has 0 spiro atoms. The van der Waals surface area contributed by atoms with E-state index in [0.717, 1.165) is 31.6 Å². The highest BCUT2D eigenvalue weighted by atomic mass is 16.3. The van der Waals surface area contributed by atoms with Gasteiger partial charge in [-0.3, -0.25) is 0 Å². The van der Waals surface area contributed by atoms with Gasteiger partial charge in [-0.2, -0.15) is 5.26 Å². The van der Waals surface area contributed by atoms with Gasteiger partial charge in [-0.25, -0.2) is 0 Å². The van der Waals surface area contributed by atoms with Crippen LogP contribution in [0.2, 0.25) is 0 Å². The van der Waals surface area contributed by atoms with E-state index in [2.05, 4.69) is 11.0 Å². The minimum Gasteiger partial charge on any atom is -0.398 e. The van der Waals surface area contributed by atoms with Crippen LogP contribution in [0, 0.1) is 17.2 Å². The van der Waals surface area contributed by atoms with Crippen molar-refractivity contribution in [2.45, 2.75) is 25.9 Å². The molecule has 1 aliphatic rings. The van der Waals surface area contributed by atoms with E-state index in [1.807, 2.05) is 19.1 Å². The Morgan fingerprint density at radius 3 is 2.61 bits per heavy atom. The maximum Gasteiger partial charge on any atom is 0.101 e. The molecule has 4 heteroatoms. The van der Waals surface area contributed by atoms with Gasteiger partial charge in [0, 0.05) is 18.8 Å². The monoisotopic (exact) mass is 245 g/mol. The number of nitrogens with two attached hydrogens (primary N) is 1. The quantitative estimate of drug-likeness (QED) is 0.778. The van der Waals surface area contributed by atoms with Crippen LogP contribution in [0.3, 0.4) is 0 Å². The Bertz CT molecular complexity index is 457. The molecule has 0 aliphatic carbocycles. The largest absolute Gasteiger partial charge is 0.398 e. The van der Waals surface area contributed by atoms with Gasteiger partial charge < -0.3 is 15.7 Å². The normalized spacial score (nSPS) is 18.4. The predicted octanol–water partition coefficient (Wildman–Crippen LogP) is 1.74. The zero-order valence-electron chi connectivity index (χ0n) is 10.6. The minimum absolute atomic E-state index is 0.224. The summed E-state index contributed by atoms with van der Waals surface area (Å²) in [4.78, 5) is 2.26. The van der Waals surface area contributed by atoms with E-state index in [4.69, 9.17) is 11.0 Å². The number of anilines is 2. The molecule has 1 aromatic rings. The van der Waals surface area contributed by atoms with Crippen LogP contribution in [0.4, 0.5) is 11.4 Å². The number of hydrogen-bond donors (Lipinski definition) is 2. The van der Waals surface area contributed by atoms with Crippen molar-refractivity contribution in [1.29, 1.82) is 5.26 Å². The average molecular weight is 245 g/mol. The molecular formula is C14H19N3O. The summed E-state index contributed by atoms with van der Waals surface area (Å²) in [5.74, 6) is 0.400. The van der Waals surface area contributed by atoms with Crippen LogP contribution >= 0.6 is 0 Å². The Morgan fingerprint density at radius 1 is 1.44 bits per heavy atom. The van der Waals surface area contributed by atoms with Crippen molar-refractivity contribution in [3.8, 4) is 6.07 Å². The number of nitrogen functional groups attached to an aromatic ring is 1. The fourth-order valence-electron chi connectivity index (χ4n) is 2.49. The van der Waals surface area contributed by atoms with Crippen molar-refractivity contribution >= 4 is 11.4 Å². The predicted molar refractivity (Wildman–Crippen MR) is 72.2 cm³/mol. The van der Waals surface area contributed by atoms with Crippen LogP contribution in [0.1, 0.15) is 25.3 Å². The molecule has 18 heavy (non-hydrogen) atoms. The second-order valence-corrected chi connectivity index (χ2v) is 4.95. The highest BCUT2D eigenvalue weighted by Gasteiger charge is 2.22. The fourth-order valence-corrected chi connectivity index (χ4v) is 2.49. The lowest BCUT2D eigenvalue weighted by Gasteiger charge is -2.34. The van der Waals surface area contributed by atoms with Crippen molar-refractivity contribution in [2.24, 2.45) is 5.92 Å². The van der Waals surface area contributed by atoms with Gasteiger partial charge in [-0.15, -0.1) is 0 Å². The van der Waals surface area contributed by atoms with Crippen LogP contribution < -0.4 is 10.6 Å². The molecule has 96 valence electrons. The molecule has 0 amide bonds. The summed E-state index contributed by atoms with van der Waals surface area (Å²) in [7, 11) is 0. The third kappa shape index (κ3) is 2.57. The molecular weight excluding hydrogens is 226 g/mol. The lowest BCUT2D eigenvalue weighted by Crippen LogP contribution is -2.37. The molecule has 1 fully saturated rings. The Kier molecular flexibility index (Phi) is 3.73. The first kappa shape index (κ1) is 12.7. The van der Waals surface area contributed by atoms with Crippen LogP contribution in [0.25, 0.3) is 0 Å². The molecule has 1 aromatic carbocycles. The number of aliphatic hydroxyl groups excluding tert-OH is 1. The van der Waals surface area contributed by atoms with E-state index in [0.29, 0.717) is 17.2 Å². The number of hydrogen-bond acceptors (Lipinski definition) is 4. The van der Waals surface area contributed by atoms with Gasteiger partial charge in [-0.05, 0) is 43.9 Å². The molecule has 1 unspecified atom stereocenters. The van der Waals surface area contributed by atoms with Crippen molar-refractivity contribution in [3.63, 3.8) is 0 Å². The Hall–Kier alpha value is -1.73. The van der Waals surface area contributed by atoms with Gasteiger partial charge in [0.05, 0.1) is 17.4 Å². The molecule has 3 N–H and O–H groups in total. The fraction of sp³-hybridized carbons (Fsp3) is 0.500. The smallest absolute Gasteiger partial charge is 0.101 e. The van der Waals surface area contributed by atoms with Crippen molar-refractivity contribution in [3.05, 3.63) is 23.8 Å². The van der Waals surface area contributed by atoms with Gasteiger partial charge in [0.1, 0.15) is 6.07 Å². The summed E-state index contributed by atoms with van der Waals surface area (Å²) in [5.41, 5.74) is 7.95. The zero-order chi connectivity index (χ0) is 13.1. The molecule has 2 rings (SSSR count). The van der Waals surface area contributed by atoms with Crippen LogP contribution in [0.5, 0.6) is 0 Å². The molecule has 0 saturated carbocycles. The second-order valence-electron chi connectivity index (χ2n) is 4.95. The lowest BCUT2D eigenvalue weighted by molar-refractivity contribution is 0.110. The topological polar surface area (TPSA) is 73.3 Å². The van der Waals surface area contributed by atoms with Crippen LogP contribution in [-0.2, 0) is 0 Å². The highest BCUT2D eigenvalue weighted by molar-refractivity contribution is 5.63. The van der Waals surface area contributed by atoms with Crippen LogP contribution in [0.15, 0.2) is 18.2 Å². The summed E-state index contributed by atoms with van der Waals surface area (Å²) in [6.07, 6.45) is 1.77. The first-order valence-corrected chi connectivity index (χ1v) is 6.34. The number of aliphatic hydroxyl groups is 1. The maximum absolute atomic E-state index is 9.57. The van der Waals surface area contributed by atoms with E-state index in [-0.39, 0.29) is 6.10 Å². The van der Waals surface area contributed by atoms with Gasteiger partial charge in [0.15, 0.2) is 0 Å². The van der Waals surface area contributed by atoms with E-state index in [1.165, 1.54) is 0 Å². The zero-order valence-corrected chi connectivity index (χ0v) is 10.6. The van der Waals surface area contributed by atoms with Gasteiger partial charge in [0.2, 0.25) is 0 Å². The number of nitriles is 1. The third-order valence-corrected chi connectivity index (χ3v) is 3.74. The molecule has 1 atom stereocenters. The molecule has 1 heterocycles. The van der Waals surface area contributed by atoms with Gasteiger partial charge in [-0.1, -0.05) is 0 Å². The SMILES string of the molecule is CC(O)C1CCN(c2ccc(C#N)c(N)c2)CC1. The molecule has 1 saturated heterocycles. The first-order chi connectivity index (χ1) is 8.61. The summed E-state index contributed by atoms with van der Waals surface area (Å²) >= 11 is 0. The van der Waals surface area contributed by atoms with Crippen molar-refractivity contribution in [2.75, 3.05) is 23.7 Å². The second kappa shape index (κ2) is 5.28. The van der Waals surface area contributed by atoms with Gasteiger partial charge >= 0.3 is 0 Å². The van der Waals surface area contributed by atoms with Crippen LogP contribution in [-0.4, -0.2) is 24.3 Å². The van der Waals surface area contributed by atoms with E-state index in [1.54, 1.807) is 6.07 Å². The first-order valence-electron chi connectivity index (χ1n) is 6.34. The number of benzene rings is 1. The van der Waals surface area contributed by atoms with Crippen molar-refractivity contribution in [1.82, 2.24) is 0 Å². The Morgan fingerprint density at radius 2 is 2.11 bits per heavy atom. The molecule has 0 bridgehead atoms. The Labute approximate surface area is 108 Å². The summed E-state index contributed by atoms with van der Waals surface area (Å²) in [5, 5.41) is 18.4. The molecule has 4 nitrogen and oxygen atoms in total. The lowest BCUT2D eigenvalue weighted by atomic mass is 9.92. The molecule has 1 aliphatic heterocycles. The number of nitrogens with zero attached hydrogens (tertiary/aromatic N) is 2.